The number of anilines is 1. The Bertz CT molecular complexity index is 1070. The van der Waals surface area contributed by atoms with Gasteiger partial charge < -0.3 is 9.64 Å². The van der Waals surface area contributed by atoms with Crippen LogP contribution in [0.5, 0.6) is 5.75 Å². The first-order chi connectivity index (χ1) is 12.9. The van der Waals surface area contributed by atoms with Crippen LogP contribution in [0.3, 0.4) is 0 Å². The van der Waals surface area contributed by atoms with Crippen molar-refractivity contribution in [3.63, 3.8) is 0 Å². The van der Waals surface area contributed by atoms with E-state index in [0.717, 1.165) is 18.7 Å². The number of fused-ring (bicyclic) bond motifs is 2. The summed E-state index contributed by atoms with van der Waals surface area (Å²) >= 11 is 0. The van der Waals surface area contributed by atoms with Crippen LogP contribution in [0.2, 0.25) is 0 Å². The number of ether oxygens (including phenoxy) is 1. The Labute approximate surface area is 158 Å². The summed E-state index contributed by atoms with van der Waals surface area (Å²) in [6.07, 6.45) is 2.50. The van der Waals surface area contributed by atoms with Gasteiger partial charge in [-0.2, -0.15) is 10.1 Å². The number of hydrogen-bond donors (Lipinski definition) is 0. The van der Waals surface area contributed by atoms with Crippen molar-refractivity contribution >= 4 is 17.0 Å². The lowest BCUT2D eigenvalue weighted by atomic mass is 9.93. The van der Waals surface area contributed by atoms with Gasteiger partial charge >= 0.3 is 0 Å². The summed E-state index contributed by atoms with van der Waals surface area (Å²) in [5, 5.41) is 4.93. The third kappa shape index (κ3) is 2.69. The molecule has 4 rings (SSSR count). The first-order valence-corrected chi connectivity index (χ1v) is 9.30. The molecule has 0 aliphatic carbocycles. The van der Waals surface area contributed by atoms with Crippen LogP contribution in [-0.4, -0.2) is 33.0 Å². The van der Waals surface area contributed by atoms with Gasteiger partial charge in [0.25, 0.3) is 5.56 Å². The molecule has 1 unspecified atom stereocenters. The summed E-state index contributed by atoms with van der Waals surface area (Å²) in [6.45, 7) is 7.03. The van der Waals surface area contributed by atoms with Crippen LogP contribution in [0.4, 0.5) is 5.95 Å². The molecule has 142 valence electrons. The molecule has 0 N–H and O–H groups in total. The van der Waals surface area contributed by atoms with Crippen LogP contribution >= 0.6 is 0 Å². The molecule has 0 fully saturated rings. The molecule has 1 aliphatic rings. The Morgan fingerprint density at radius 2 is 2.07 bits per heavy atom. The van der Waals surface area contributed by atoms with E-state index in [1.807, 2.05) is 24.6 Å². The van der Waals surface area contributed by atoms with E-state index in [0.29, 0.717) is 17.0 Å². The maximum atomic E-state index is 12.9. The number of nitrogens with zero attached hydrogens (tertiary/aromatic N) is 5. The van der Waals surface area contributed by atoms with Crippen LogP contribution in [-0.2, 0) is 13.5 Å². The summed E-state index contributed by atoms with van der Waals surface area (Å²) in [4.78, 5) is 20.0. The maximum Gasteiger partial charge on any atom is 0.265 e. The topological polar surface area (TPSA) is 65.2 Å². The standard InChI is InChI=1S/C20H25N5O2/c1-12(2)25-18-17(11-21-25)19(26)23(4)20(22-18)24-9-8-14-10-15(27-5)6-7-16(14)13(24)3/h6-7,10-13H,8-9H2,1-5H3. The minimum atomic E-state index is -0.0605. The Balaban J connectivity index is 1.83. The van der Waals surface area contributed by atoms with E-state index >= 15 is 0 Å². The molecule has 1 aliphatic heterocycles. The lowest BCUT2D eigenvalue weighted by molar-refractivity contribution is 0.413. The monoisotopic (exact) mass is 367 g/mol. The first kappa shape index (κ1) is 17.6. The SMILES string of the molecule is COc1ccc2c(c1)CCN(c1nc3c(cnn3C(C)C)c(=O)n1C)C2C. The molecule has 0 bridgehead atoms. The molecule has 0 spiro atoms. The highest BCUT2D eigenvalue weighted by Gasteiger charge is 2.28. The van der Waals surface area contributed by atoms with Gasteiger partial charge in [0.2, 0.25) is 5.95 Å². The highest BCUT2D eigenvalue weighted by molar-refractivity contribution is 5.75. The fourth-order valence-electron chi connectivity index (χ4n) is 3.90. The van der Waals surface area contributed by atoms with Crippen molar-refractivity contribution in [1.29, 1.82) is 0 Å². The molecule has 0 saturated heterocycles. The van der Waals surface area contributed by atoms with E-state index in [1.165, 1.54) is 11.1 Å². The number of rotatable bonds is 3. The first-order valence-electron chi connectivity index (χ1n) is 9.30. The normalized spacial score (nSPS) is 16.8. The zero-order valence-electron chi connectivity index (χ0n) is 16.4. The molecule has 1 atom stereocenters. The Morgan fingerprint density at radius 1 is 1.30 bits per heavy atom. The van der Waals surface area contributed by atoms with Gasteiger partial charge in [-0.1, -0.05) is 6.07 Å². The van der Waals surface area contributed by atoms with Crippen LogP contribution in [0.15, 0.2) is 29.2 Å². The van der Waals surface area contributed by atoms with Crippen molar-refractivity contribution in [2.45, 2.75) is 39.3 Å². The summed E-state index contributed by atoms with van der Waals surface area (Å²) < 4.78 is 8.81. The van der Waals surface area contributed by atoms with Crippen LogP contribution in [0.25, 0.3) is 11.0 Å². The van der Waals surface area contributed by atoms with Crippen molar-refractivity contribution in [2.75, 3.05) is 18.6 Å². The third-order valence-corrected chi connectivity index (χ3v) is 5.45. The van der Waals surface area contributed by atoms with Gasteiger partial charge in [-0.05, 0) is 50.5 Å². The molecule has 3 heterocycles. The van der Waals surface area contributed by atoms with Crippen molar-refractivity contribution < 1.29 is 4.74 Å². The van der Waals surface area contributed by atoms with Crippen molar-refractivity contribution in [1.82, 2.24) is 19.3 Å². The number of benzene rings is 1. The molecule has 27 heavy (non-hydrogen) atoms. The van der Waals surface area contributed by atoms with Crippen molar-refractivity contribution in [3.05, 3.63) is 45.9 Å². The fourth-order valence-corrected chi connectivity index (χ4v) is 3.90. The molecule has 7 heteroatoms. The molecule has 3 aromatic rings. The van der Waals surface area contributed by atoms with Gasteiger partial charge in [0.05, 0.1) is 19.3 Å². The highest BCUT2D eigenvalue weighted by atomic mass is 16.5. The quantitative estimate of drug-likeness (QED) is 0.712. The summed E-state index contributed by atoms with van der Waals surface area (Å²) in [6, 6.07) is 6.46. The van der Waals surface area contributed by atoms with E-state index in [-0.39, 0.29) is 17.6 Å². The van der Waals surface area contributed by atoms with Gasteiger partial charge in [-0.25, -0.2) is 4.68 Å². The molecule has 0 radical (unpaired) electrons. The molecule has 2 aromatic heterocycles. The third-order valence-electron chi connectivity index (χ3n) is 5.45. The molecule has 7 nitrogen and oxygen atoms in total. The predicted molar refractivity (Wildman–Crippen MR) is 106 cm³/mol. The Hall–Kier alpha value is -2.83. The molecule has 0 amide bonds. The van der Waals surface area contributed by atoms with Crippen molar-refractivity contribution in [2.24, 2.45) is 7.05 Å². The van der Waals surface area contributed by atoms with E-state index < -0.39 is 0 Å². The van der Waals surface area contributed by atoms with Gasteiger partial charge in [-0.15, -0.1) is 0 Å². The predicted octanol–water partition coefficient (Wildman–Crippen LogP) is 2.84. The van der Waals surface area contributed by atoms with Crippen molar-refractivity contribution in [3.8, 4) is 5.75 Å². The lowest BCUT2D eigenvalue weighted by Gasteiger charge is -2.36. The molecule has 0 saturated carbocycles. The van der Waals surface area contributed by atoms with Gasteiger partial charge in [0, 0.05) is 19.6 Å². The summed E-state index contributed by atoms with van der Waals surface area (Å²) in [7, 11) is 3.47. The second kappa shape index (κ2) is 6.40. The second-order valence-corrected chi connectivity index (χ2v) is 7.38. The largest absolute Gasteiger partial charge is 0.497 e. The molecule has 1 aromatic carbocycles. The number of hydrogen-bond acceptors (Lipinski definition) is 5. The summed E-state index contributed by atoms with van der Waals surface area (Å²) in [5.41, 5.74) is 3.12. The zero-order chi connectivity index (χ0) is 19.3. The van der Waals surface area contributed by atoms with E-state index in [2.05, 4.69) is 29.1 Å². The smallest absolute Gasteiger partial charge is 0.265 e. The Morgan fingerprint density at radius 3 is 2.78 bits per heavy atom. The van der Waals surface area contributed by atoms with Crippen LogP contribution in [0.1, 0.15) is 44.0 Å². The fraction of sp³-hybridized carbons (Fsp3) is 0.450. The maximum absolute atomic E-state index is 12.9. The number of aromatic nitrogens is 4. The van der Waals surface area contributed by atoms with Crippen LogP contribution in [0, 0.1) is 0 Å². The minimum Gasteiger partial charge on any atom is -0.497 e. The second-order valence-electron chi connectivity index (χ2n) is 7.38. The molecular weight excluding hydrogens is 342 g/mol. The van der Waals surface area contributed by atoms with E-state index in [1.54, 1.807) is 24.9 Å². The average Bonchev–Trinajstić information content (AvgIpc) is 3.09. The van der Waals surface area contributed by atoms with Gasteiger partial charge in [0.1, 0.15) is 11.1 Å². The minimum absolute atomic E-state index is 0.0605. The zero-order valence-corrected chi connectivity index (χ0v) is 16.4. The molecular formula is C20H25N5O2. The summed E-state index contributed by atoms with van der Waals surface area (Å²) in [5.74, 6) is 1.56. The highest BCUT2D eigenvalue weighted by Crippen LogP contribution is 2.34. The van der Waals surface area contributed by atoms with E-state index in [4.69, 9.17) is 9.72 Å². The number of methoxy groups -OCH3 is 1. The van der Waals surface area contributed by atoms with Crippen LogP contribution < -0.4 is 15.2 Å². The van der Waals surface area contributed by atoms with Gasteiger partial charge in [0.15, 0.2) is 5.65 Å². The average molecular weight is 367 g/mol. The Kier molecular flexibility index (Phi) is 4.17. The lowest BCUT2D eigenvalue weighted by Crippen LogP contribution is -2.38. The van der Waals surface area contributed by atoms with E-state index in [9.17, 15) is 4.79 Å². The van der Waals surface area contributed by atoms with Gasteiger partial charge in [-0.3, -0.25) is 9.36 Å².